The first kappa shape index (κ1) is 20.6. The van der Waals surface area contributed by atoms with Gasteiger partial charge >= 0.3 is 0 Å². The Balaban J connectivity index is 1.37. The molecule has 0 aromatic heterocycles. The Labute approximate surface area is 181 Å². The zero-order valence-corrected chi connectivity index (χ0v) is 16.9. The average Bonchev–Trinajstić information content (AvgIpc) is 3.41. The number of nitrogens with zero attached hydrogens (tertiary/aromatic N) is 2. The van der Waals surface area contributed by atoms with E-state index in [4.69, 9.17) is 0 Å². The number of carbonyl (C=O) groups excluding carboxylic acids is 2. The van der Waals surface area contributed by atoms with Crippen LogP contribution in [0.5, 0.6) is 0 Å². The molecule has 0 radical (unpaired) electrons. The molecule has 164 valence electrons. The first-order valence-corrected chi connectivity index (χ1v) is 10.5. The van der Waals surface area contributed by atoms with Crippen molar-refractivity contribution in [2.75, 3.05) is 0 Å². The third-order valence-corrected chi connectivity index (χ3v) is 6.71. The summed E-state index contributed by atoms with van der Waals surface area (Å²) in [5.41, 5.74) is -0.0720. The summed E-state index contributed by atoms with van der Waals surface area (Å²) in [6.07, 6.45) is 5.05. The number of aliphatic imine (C=N–C) groups is 1. The van der Waals surface area contributed by atoms with Crippen LogP contribution in [0, 0.1) is 23.1 Å². The minimum atomic E-state index is -1.23. The van der Waals surface area contributed by atoms with Crippen LogP contribution in [-0.2, 0) is 11.2 Å². The second-order valence-electron chi connectivity index (χ2n) is 8.64. The lowest BCUT2D eigenvalue weighted by Gasteiger charge is -2.26. The van der Waals surface area contributed by atoms with Gasteiger partial charge in [-0.2, -0.15) is 5.26 Å². The van der Waals surface area contributed by atoms with E-state index in [0.29, 0.717) is 6.04 Å². The van der Waals surface area contributed by atoms with Crippen molar-refractivity contribution in [1.82, 2.24) is 10.6 Å². The van der Waals surface area contributed by atoms with Crippen molar-refractivity contribution in [3.8, 4) is 6.07 Å². The normalized spacial score (nSPS) is 28.7. The molecule has 2 bridgehead atoms. The van der Waals surface area contributed by atoms with Gasteiger partial charge in [-0.3, -0.25) is 9.59 Å². The first-order valence-electron chi connectivity index (χ1n) is 10.5. The summed E-state index contributed by atoms with van der Waals surface area (Å²) in [7, 11) is 0. The second-order valence-corrected chi connectivity index (χ2v) is 8.64. The summed E-state index contributed by atoms with van der Waals surface area (Å²) in [5.74, 6) is -4.80. The second kappa shape index (κ2) is 7.71. The van der Waals surface area contributed by atoms with Crippen molar-refractivity contribution in [3.63, 3.8) is 0 Å². The Morgan fingerprint density at radius 1 is 1.31 bits per heavy atom. The minimum Gasteiger partial charge on any atom is -0.339 e. The predicted octanol–water partition coefficient (Wildman–Crippen LogP) is 2.92. The van der Waals surface area contributed by atoms with Gasteiger partial charge in [0.15, 0.2) is 11.7 Å². The number of amides is 2. The molecule has 1 saturated carbocycles. The zero-order valence-electron chi connectivity index (χ0n) is 16.9. The number of nitrogens with one attached hydrogen (secondary N) is 2. The molecule has 32 heavy (non-hydrogen) atoms. The highest BCUT2D eigenvalue weighted by Gasteiger charge is 2.43. The van der Waals surface area contributed by atoms with Crippen molar-refractivity contribution in [2.24, 2.45) is 10.9 Å². The lowest BCUT2D eigenvalue weighted by atomic mass is 9.83. The molecule has 0 spiro atoms. The van der Waals surface area contributed by atoms with E-state index in [1.54, 1.807) is 0 Å². The van der Waals surface area contributed by atoms with Crippen LogP contribution in [0.1, 0.15) is 46.7 Å². The molecule has 2 heterocycles. The molecule has 2 aliphatic carbocycles. The van der Waals surface area contributed by atoms with Gasteiger partial charge in [0.25, 0.3) is 5.91 Å². The molecule has 5 atom stereocenters. The fourth-order valence-corrected chi connectivity index (χ4v) is 5.14. The van der Waals surface area contributed by atoms with Crippen molar-refractivity contribution in [1.29, 1.82) is 5.26 Å². The zero-order chi connectivity index (χ0) is 22.6. The summed E-state index contributed by atoms with van der Waals surface area (Å²) in [6, 6.07) is 3.33. The van der Waals surface area contributed by atoms with Crippen LogP contribution in [0.25, 0.3) is 0 Å². The number of rotatable bonds is 4. The van der Waals surface area contributed by atoms with Crippen LogP contribution in [-0.4, -0.2) is 35.7 Å². The summed E-state index contributed by atoms with van der Waals surface area (Å²) in [5, 5.41) is 15.4. The third kappa shape index (κ3) is 3.35. The van der Waals surface area contributed by atoms with E-state index < -0.39 is 35.3 Å². The number of hydrogen-bond donors (Lipinski definition) is 2. The summed E-state index contributed by atoms with van der Waals surface area (Å²) in [4.78, 5) is 28.7. The van der Waals surface area contributed by atoms with E-state index in [9.17, 15) is 28.0 Å². The van der Waals surface area contributed by atoms with Gasteiger partial charge in [-0.25, -0.2) is 18.2 Å². The number of fused-ring (bicyclic) bond motifs is 5. The Hall–Kier alpha value is -3.25. The number of allylic oxidation sites excluding steroid dienone is 4. The third-order valence-electron chi connectivity index (χ3n) is 6.71. The van der Waals surface area contributed by atoms with Crippen molar-refractivity contribution in [3.05, 3.63) is 58.4 Å². The summed E-state index contributed by atoms with van der Waals surface area (Å²) >= 11 is 0. The molecule has 1 unspecified atom stereocenters. The maximum absolute atomic E-state index is 14.9. The fourth-order valence-electron chi connectivity index (χ4n) is 5.14. The topological polar surface area (TPSA) is 94.3 Å². The Kier molecular flexibility index (Phi) is 4.97. The van der Waals surface area contributed by atoms with Crippen molar-refractivity contribution in [2.45, 2.75) is 49.7 Å². The number of piperidine rings is 1. The minimum absolute atomic E-state index is 0.0606. The van der Waals surface area contributed by atoms with Crippen LogP contribution in [0.2, 0.25) is 0 Å². The number of benzene rings is 1. The van der Waals surface area contributed by atoms with Crippen LogP contribution >= 0.6 is 0 Å². The molecule has 1 saturated heterocycles. The predicted molar refractivity (Wildman–Crippen MR) is 109 cm³/mol. The van der Waals surface area contributed by atoms with E-state index in [1.165, 1.54) is 12.1 Å². The largest absolute Gasteiger partial charge is 0.339 e. The number of carbonyl (C=O) groups is 2. The Morgan fingerprint density at radius 2 is 2.12 bits per heavy atom. The van der Waals surface area contributed by atoms with Gasteiger partial charge < -0.3 is 10.6 Å². The summed E-state index contributed by atoms with van der Waals surface area (Å²) in [6.45, 7) is 0. The fraction of sp³-hybridized carbons (Fsp3) is 0.391. The molecular weight excluding hydrogens is 421 g/mol. The first-order chi connectivity index (χ1) is 15.4. The molecule has 9 heteroatoms. The van der Waals surface area contributed by atoms with Crippen LogP contribution in [0.3, 0.4) is 0 Å². The monoisotopic (exact) mass is 440 g/mol. The van der Waals surface area contributed by atoms with E-state index in [1.807, 2.05) is 6.07 Å². The summed E-state index contributed by atoms with van der Waals surface area (Å²) < 4.78 is 42.5. The van der Waals surface area contributed by atoms with Crippen LogP contribution in [0.4, 0.5) is 13.2 Å². The van der Waals surface area contributed by atoms with E-state index >= 15 is 0 Å². The number of hydrogen-bond acceptors (Lipinski definition) is 4. The number of nitriles is 1. The van der Waals surface area contributed by atoms with Gasteiger partial charge in [-0.1, -0.05) is 6.08 Å². The highest BCUT2D eigenvalue weighted by molar-refractivity contribution is 6.17. The lowest BCUT2D eigenvalue weighted by molar-refractivity contribution is -0.124. The standard InChI is InChI=1S/C23H19F3N4O2/c24-17-4-3-14-15-8-18(25)11(7-16(15)22(31)30-21(14)19(17)26)6-13(9-27)29-23(32)20-10-1-2-12(5-10)28-20/h3-4,7-8,10,12-14,20,28H,1-2,5-6H2,(H,29,32)/t10-,12+,13-,14?,20-/m0/s1. The molecule has 1 aromatic carbocycles. The number of halogens is 3. The van der Waals surface area contributed by atoms with Gasteiger partial charge in [0.05, 0.1) is 17.8 Å². The lowest BCUT2D eigenvalue weighted by Crippen LogP contribution is -2.50. The quantitative estimate of drug-likeness (QED) is 0.753. The molecule has 4 aliphatic rings. The van der Waals surface area contributed by atoms with Gasteiger partial charge in [-0.15, -0.1) is 0 Å². The molecule has 2 fully saturated rings. The molecule has 5 rings (SSSR count). The Bertz CT molecular complexity index is 1170. The average molecular weight is 440 g/mol. The van der Waals surface area contributed by atoms with Gasteiger partial charge in [0.2, 0.25) is 5.91 Å². The highest BCUT2D eigenvalue weighted by Crippen LogP contribution is 2.38. The molecule has 2 amide bonds. The van der Waals surface area contributed by atoms with Gasteiger partial charge in [0.1, 0.15) is 11.9 Å². The SMILES string of the molecule is N#C[C@H](Cc1cc2c(cc1F)C1C=CC(F)=C(F)C1=NC2=O)NC(=O)[C@H]1N[C@@H]2CC[C@H]1C2. The molecule has 6 nitrogen and oxygen atoms in total. The van der Waals surface area contributed by atoms with Crippen LogP contribution in [0.15, 0.2) is 40.9 Å². The highest BCUT2D eigenvalue weighted by atomic mass is 19.2. The molecule has 2 aliphatic heterocycles. The van der Waals surface area contributed by atoms with Crippen LogP contribution < -0.4 is 10.6 Å². The molecule has 2 N–H and O–H groups in total. The van der Waals surface area contributed by atoms with Gasteiger partial charge in [0, 0.05) is 23.9 Å². The van der Waals surface area contributed by atoms with Crippen molar-refractivity contribution >= 4 is 17.5 Å². The maximum Gasteiger partial charge on any atom is 0.277 e. The van der Waals surface area contributed by atoms with Gasteiger partial charge in [-0.05, 0) is 54.5 Å². The molecule has 1 aromatic rings. The van der Waals surface area contributed by atoms with Crippen molar-refractivity contribution < 1.29 is 22.8 Å². The molecular formula is C23H19F3N4O2. The maximum atomic E-state index is 14.9. The van der Waals surface area contributed by atoms with E-state index in [2.05, 4.69) is 15.6 Å². The Morgan fingerprint density at radius 3 is 2.81 bits per heavy atom. The van der Waals surface area contributed by atoms with E-state index in [-0.39, 0.29) is 46.7 Å². The van der Waals surface area contributed by atoms with E-state index in [0.717, 1.165) is 31.4 Å². The smallest absolute Gasteiger partial charge is 0.277 e.